The molecule has 0 spiro atoms. The van der Waals surface area contributed by atoms with Crippen molar-refractivity contribution in [1.29, 1.82) is 0 Å². The van der Waals surface area contributed by atoms with Gasteiger partial charge in [-0.05, 0) is 30.3 Å². The molecule has 4 rings (SSSR count). The van der Waals surface area contributed by atoms with Crippen molar-refractivity contribution in [2.75, 3.05) is 20.3 Å². The minimum atomic E-state index is -1.01. The number of hydrogen-bond donors (Lipinski definition) is 2. The molecular formula is C21H19NO6. The molecule has 2 aromatic carbocycles. The maximum atomic E-state index is 11.2. The van der Waals surface area contributed by atoms with E-state index in [9.17, 15) is 4.79 Å². The number of ether oxygens (including phenoxy) is 3. The molecule has 0 unspecified atom stereocenters. The van der Waals surface area contributed by atoms with E-state index in [2.05, 4.69) is 4.98 Å². The third kappa shape index (κ3) is 3.52. The number of carboxylic acid groups (broad SMARTS) is 1. The summed E-state index contributed by atoms with van der Waals surface area (Å²) in [5, 5.41) is 10.8. The second kappa shape index (κ2) is 7.66. The summed E-state index contributed by atoms with van der Waals surface area (Å²) in [7, 11) is 1.63. The fourth-order valence-electron chi connectivity index (χ4n) is 3.03. The summed E-state index contributed by atoms with van der Waals surface area (Å²) in [6, 6.07) is 12.7. The van der Waals surface area contributed by atoms with Crippen molar-refractivity contribution in [2.45, 2.75) is 6.61 Å². The summed E-state index contributed by atoms with van der Waals surface area (Å²) in [6.45, 7) is 1.28. The summed E-state index contributed by atoms with van der Waals surface area (Å²) in [6.07, 6.45) is 1.66. The van der Waals surface area contributed by atoms with Crippen molar-refractivity contribution in [3.63, 3.8) is 0 Å². The number of rotatable bonds is 8. The summed E-state index contributed by atoms with van der Waals surface area (Å²) in [5.41, 5.74) is 2.44. The third-order valence-corrected chi connectivity index (χ3v) is 4.42. The number of furan rings is 1. The minimum Gasteiger partial charge on any atom is -0.491 e. The maximum absolute atomic E-state index is 11.2. The van der Waals surface area contributed by atoms with Gasteiger partial charge >= 0.3 is 5.97 Å². The number of fused-ring (bicyclic) bond motifs is 2. The predicted octanol–water partition coefficient (Wildman–Crippen LogP) is 4.22. The number of hydrogen-bond acceptors (Lipinski definition) is 5. The van der Waals surface area contributed by atoms with Crippen molar-refractivity contribution in [3.8, 4) is 11.5 Å². The first-order valence-electron chi connectivity index (χ1n) is 8.75. The Balaban J connectivity index is 1.53. The van der Waals surface area contributed by atoms with Gasteiger partial charge in [-0.15, -0.1) is 0 Å². The van der Waals surface area contributed by atoms with E-state index in [0.717, 1.165) is 16.3 Å². The van der Waals surface area contributed by atoms with E-state index in [1.165, 1.54) is 0 Å². The van der Waals surface area contributed by atoms with Crippen molar-refractivity contribution >= 4 is 27.8 Å². The number of benzene rings is 2. The van der Waals surface area contributed by atoms with Crippen LogP contribution < -0.4 is 9.47 Å². The van der Waals surface area contributed by atoms with E-state index < -0.39 is 5.97 Å². The lowest BCUT2D eigenvalue weighted by Crippen LogP contribution is -2.03. The highest BCUT2D eigenvalue weighted by Gasteiger charge is 2.13. The molecule has 4 aromatic rings. The fourth-order valence-corrected chi connectivity index (χ4v) is 3.03. The van der Waals surface area contributed by atoms with Gasteiger partial charge in [0.2, 0.25) is 0 Å². The molecule has 144 valence electrons. The average Bonchev–Trinajstić information content (AvgIpc) is 3.31. The third-order valence-electron chi connectivity index (χ3n) is 4.42. The molecule has 0 bridgehead atoms. The van der Waals surface area contributed by atoms with E-state index >= 15 is 0 Å². The topological polar surface area (TPSA) is 93.9 Å². The lowest BCUT2D eigenvalue weighted by molar-refractivity contribution is 0.0691. The quantitative estimate of drug-likeness (QED) is 0.444. The molecule has 0 fully saturated rings. The highest BCUT2D eigenvalue weighted by atomic mass is 16.5. The zero-order chi connectivity index (χ0) is 19.5. The number of carbonyl (C=O) groups is 1. The highest BCUT2D eigenvalue weighted by molar-refractivity contribution is 5.96. The SMILES string of the molecule is COCCOc1ccc2c(COc3cccc4[nH]c(C(=O)O)cc34)coc2c1. The molecule has 0 saturated carbocycles. The van der Waals surface area contributed by atoms with Crippen LogP contribution in [-0.2, 0) is 11.3 Å². The van der Waals surface area contributed by atoms with Crippen molar-refractivity contribution < 1.29 is 28.5 Å². The molecular weight excluding hydrogens is 362 g/mol. The molecule has 2 aromatic heterocycles. The van der Waals surface area contributed by atoms with Crippen LogP contribution >= 0.6 is 0 Å². The van der Waals surface area contributed by atoms with E-state index in [4.69, 9.17) is 23.7 Å². The van der Waals surface area contributed by atoms with Crippen molar-refractivity contribution in [2.24, 2.45) is 0 Å². The summed E-state index contributed by atoms with van der Waals surface area (Å²) >= 11 is 0. The van der Waals surface area contributed by atoms with Crippen LogP contribution in [0.5, 0.6) is 11.5 Å². The number of carboxylic acids is 1. The van der Waals surface area contributed by atoms with Gasteiger partial charge in [-0.2, -0.15) is 0 Å². The molecule has 0 aliphatic heterocycles. The minimum absolute atomic E-state index is 0.126. The first-order chi connectivity index (χ1) is 13.7. The summed E-state index contributed by atoms with van der Waals surface area (Å²) in [4.78, 5) is 14.0. The predicted molar refractivity (Wildman–Crippen MR) is 103 cm³/mol. The molecule has 7 nitrogen and oxygen atoms in total. The summed E-state index contributed by atoms with van der Waals surface area (Å²) in [5.74, 6) is 0.311. The Morgan fingerprint density at radius 1 is 1.11 bits per heavy atom. The van der Waals surface area contributed by atoms with Gasteiger partial charge in [0, 0.05) is 35.0 Å². The maximum Gasteiger partial charge on any atom is 0.352 e. The monoisotopic (exact) mass is 381 g/mol. The first kappa shape index (κ1) is 17.9. The number of H-pyrrole nitrogens is 1. The van der Waals surface area contributed by atoms with Crippen LogP contribution in [0.1, 0.15) is 16.1 Å². The second-order valence-corrected chi connectivity index (χ2v) is 6.25. The first-order valence-corrected chi connectivity index (χ1v) is 8.75. The van der Waals surface area contributed by atoms with Gasteiger partial charge in [-0.1, -0.05) is 6.07 Å². The standard InChI is InChI=1S/C21H19NO6/c1-25-7-8-26-14-5-6-15-13(12-28-20(15)9-14)11-27-19-4-2-3-17-16(19)10-18(22-17)21(23)24/h2-6,9-10,12,22H,7-8,11H2,1H3,(H,23,24). The Kier molecular flexibility index (Phi) is 4.90. The van der Waals surface area contributed by atoms with Gasteiger partial charge in [0.05, 0.1) is 12.9 Å². The lowest BCUT2D eigenvalue weighted by Gasteiger charge is -2.07. The van der Waals surface area contributed by atoms with Crippen LogP contribution in [0.4, 0.5) is 0 Å². The van der Waals surface area contributed by atoms with Crippen molar-refractivity contribution in [3.05, 3.63) is 60.0 Å². The van der Waals surface area contributed by atoms with E-state index in [1.54, 1.807) is 19.4 Å². The van der Waals surface area contributed by atoms with Gasteiger partial charge in [-0.25, -0.2) is 4.79 Å². The number of aromatic amines is 1. The van der Waals surface area contributed by atoms with Crippen LogP contribution in [0.25, 0.3) is 21.9 Å². The van der Waals surface area contributed by atoms with Crippen LogP contribution in [0.2, 0.25) is 0 Å². The van der Waals surface area contributed by atoms with Gasteiger partial charge < -0.3 is 28.7 Å². The van der Waals surface area contributed by atoms with Crippen LogP contribution in [0.3, 0.4) is 0 Å². The Labute approximate surface area is 160 Å². The Bertz CT molecular complexity index is 1130. The van der Waals surface area contributed by atoms with Crippen LogP contribution in [0, 0.1) is 0 Å². The van der Waals surface area contributed by atoms with Crippen molar-refractivity contribution in [1.82, 2.24) is 4.98 Å². The molecule has 0 amide bonds. The molecule has 0 radical (unpaired) electrons. The molecule has 0 saturated heterocycles. The Hall–Kier alpha value is -3.45. The zero-order valence-electron chi connectivity index (χ0n) is 15.2. The van der Waals surface area contributed by atoms with Gasteiger partial charge in [0.15, 0.2) is 0 Å². The van der Waals surface area contributed by atoms with Crippen LogP contribution in [0.15, 0.2) is 53.1 Å². The molecule has 0 aliphatic carbocycles. The lowest BCUT2D eigenvalue weighted by atomic mass is 10.2. The molecule has 0 aliphatic rings. The number of nitrogens with one attached hydrogen (secondary N) is 1. The number of aromatic carboxylic acids is 1. The molecule has 0 atom stereocenters. The Morgan fingerprint density at radius 3 is 2.82 bits per heavy atom. The molecule has 7 heteroatoms. The Morgan fingerprint density at radius 2 is 2.00 bits per heavy atom. The number of methoxy groups -OCH3 is 1. The highest BCUT2D eigenvalue weighted by Crippen LogP contribution is 2.30. The fraction of sp³-hybridized carbons (Fsp3) is 0.190. The molecule has 2 heterocycles. The number of aromatic nitrogens is 1. The van der Waals surface area contributed by atoms with Crippen LogP contribution in [-0.4, -0.2) is 36.4 Å². The zero-order valence-corrected chi connectivity index (χ0v) is 15.2. The van der Waals surface area contributed by atoms with E-state index in [0.29, 0.717) is 42.4 Å². The van der Waals surface area contributed by atoms with Gasteiger partial charge in [-0.3, -0.25) is 0 Å². The largest absolute Gasteiger partial charge is 0.491 e. The smallest absolute Gasteiger partial charge is 0.352 e. The molecule has 2 N–H and O–H groups in total. The average molecular weight is 381 g/mol. The van der Waals surface area contributed by atoms with E-state index in [1.807, 2.05) is 36.4 Å². The summed E-state index contributed by atoms with van der Waals surface area (Å²) < 4.78 is 22.2. The van der Waals surface area contributed by atoms with Gasteiger partial charge in [0.25, 0.3) is 0 Å². The van der Waals surface area contributed by atoms with E-state index in [-0.39, 0.29) is 5.69 Å². The normalized spacial score (nSPS) is 11.2. The van der Waals surface area contributed by atoms with Gasteiger partial charge in [0.1, 0.15) is 36.0 Å². The molecule has 28 heavy (non-hydrogen) atoms. The second-order valence-electron chi connectivity index (χ2n) is 6.25.